The van der Waals surface area contributed by atoms with Gasteiger partial charge in [0.05, 0.1) is 10.8 Å². The average Bonchev–Trinajstić information content (AvgIpc) is 2.79. The van der Waals surface area contributed by atoms with Crippen LogP contribution in [0, 0.1) is 16.7 Å². The lowest BCUT2D eigenvalue weighted by Gasteiger charge is -2.41. The van der Waals surface area contributed by atoms with E-state index in [0.717, 1.165) is 38.2 Å². The summed E-state index contributed by atoms with van der Waals surface area (Å²) in [5, 5.41) is 43.8. The van der Waals surface area contributed by atoms with Gasteiger partial charge in [0.1, 0.15) is 28.6 Å². The molecule has 1 aromatic rings. The Morgan fingerprint density at radius 1 is 0.865 bits per heavy atom. The zero-order chi connectivity index (χ0) is 28.3. The Morgan fingerprint density at radius 3 is 2.00 bits per heavy atom. The smallest absolute Gasteiger partial charge is 0.175 e. The van der Waals surface area contributed by atoms with Crippen molar-refractivity contribution in [2.45, 2.75) is 106 Å². The van der Waals surface area contributed by atoms with Gasteiger partial charge in [0.25, 0.3) is 0 Å². The third-order valence-corrected chi connectivity index (χ3v) is 7.53. The van der Waals surface area contributed by atoms with Crippen molar-refractivity contribution in [3.63, 3.8) is 0 Å². The molecule has 1 atom stereocenters. The van der Waals surface area contributed by atoms with Gasteiger partial charge >= 0.3 is 0 Å². The molecular weight excluding hydrogens is 472 g/mol. The minimum atomic E-state index is -1.43. The maximum absolute atomic E-state index is 13.6. The minimum Gasteiger partial charge on any atom is -0.511 e. The fraction of sp³-hybridized carbons (Fsp3) is 0.633. The molecule has 206 valence electrons. The number of aromatic hydroxyl groups is 3. The molecule has 0 amide bonds. The van der Waals surface area contributed by atoms with Crippen LogP contribution in [-0.2, 0) is 9.59 Å². The fourth-order valence-electron chi connectivity index (χ4n) is 5.41. The minimum absolute atomic E-state index is 0.0446. The van der Waals surface area contributed by atoms with Crippen LogP contribution >= 0.6 is 0 Å². The van der Waals surface area contributed by atoms with Gasteiger partial charge in [-0.25, -0.2) is 0 Å². The second kappa shape index (κ2) is 11.7. The molecule has 0 radical (unpaired) electrons. The van der Waals surface area contributed by atoms with Gasteiger partial charge in [0, 0.05) is 29.5 Å². The van der Waals surface area contributed by atoms with Gasteiger partial charge in [-0.1, -0.05) is 52.9 Å². The fourth-order valence-corrected chi connectivity index (χ4v) is 5.41. The van der Waals surface area contributed by atoms with Crippen LogP contribution < -0.4 is 0 Å². The van der Waals surface area contributed by atoms with Crippen molar-refractivity contribution < 1.29 is 34.8 Å². The molecule has 0 aromatic heterocycles. The number of aliphatic hydroxyl groups is 1. The standard InChI is InChI=1S/C30H44O7/c1-8-9-10-11-12-13-14-19(31)24-21(33)16-20(32)22(25(24)34)18(15-17(2)3)23-26(35)29(4,5)28(37)30(6,7)27(23)36/h16-18,32-35H,8-15H2,1-7H3. The van der Waals surface area contributed by atoms with Gasteiger partial charge in [0.2, 0.25) is 0 Å². The van der Waals surface area contributed by atoms with E-state index in [-0.39, 0.29) is 35.5 Å². The van der Waals surface area contributed by atoms with E-state index in [2.05, 4.69) is 6.92 Å². The van der Waals surface area contributed by atoms with Crippen LogP contribution in [0.25, 0.3) is 0 Å². The van der Waals surface area contributed by atoms with E-state index in [1.165, 1.54) is 27.7 Å². The van der Waals surface area contributed by atoms with Crippen LogP contribution in [0.5, 0.6) is 17.2 Å². The van der Waals surface area contributed by atoms with Gasteiger partial charge < -0.3 is 20.4 Å². The van der Waals surface area contributed by atoms with Gasteiger partial charge in [-0.3, -0.25) is 14.4 Å². The van der Waals surface area contributed by atoms with Gasteiger partial charge in [0.15, 0.2) is 17.3 Å². The predicted octanol–water partition coefficient (Wildman–Crippen LogP) is 6.88. The lowest BCUT2D eigenvalue weighted by molar-refractivity contribution is -0.144. The van der Waals surface area contributed by atoms with Crippen LogP contribution in [0.15, 0.2) is 17.4 Å². The number of aliphatic hydroxyl groups excluding tert-OH is 1. The summed E-state index contributed by atoms with van der Waals surface area (Å²) >= 11 is 0. The van der Waals surface area contributed by atoms with E-state index >= 15 is 0 Å². The highest BCUT2D eigenvalue weighted by molar-refractivity contribution is 6.19. The van der Waals surface area contributed by atoms with E-state index < -0.39 is 57.1 Å². The van der Waals surface area contributed by atoms with E-state index in [9.17, 15) is 34.8 Å². The third-order valence-electron chi connectivity index (χ3n) is 7.53. The summed E-state index contributed by atoms with van der Waals surface area (Å²) in [6.45, 7) is 12.0. The Kier molecular flexibility index (Phi) is 9.61. The Hall–Kier alpha value is -2.83. The Balaban J connectivity index is 2.62. The first-order chi connectivity index (χ1) is 17.1. The molecule has 0 spiro atoms. The number of unbranched alkanes of at least 4 members (excludes halogenated alkanes) is 5. The van der Waals surface area contributed by atoms with Crippen LogP contribution in [0.1, 0.15) is 122 Å². The van der Waals surface area contributed by atoms with Crippen LogP contribution in [0.3, 0.4) is 0 Å². The summed E-state index contributed by atoms with van der Waals surface area (Å²) in [4.78, 5) is 39.7. The summed E-state index contributed by atoms with van der Waals surface area (Å²) in [5.74, 6) is -4.55. The summed E-state index contributed by atoms with van der Waals surface area (Å²) in [7, 11) is 0. The maximum Gasteiger partial charge on any atom is 0.175 e. The second-order valence-electron chi connectivity index (χ2n) is 11.8. The van der Waals surface area contributed by atoms with Gasteiger partial charge in [-0.05, 0) is 46.5 Å². The third kappa shape index (κ3) is 6.02. The number of carbonyl (C=O) groups excluding carboxylic acids is 3. The quantitative estimate of drug-likeness (QED) is 0.135. The highest BCUT2D eigenvalue weighted by Crippen LogP contribution is 2.52. The summed E-state index contributed by atoms with van der Waals surface area (Å²) in [6, 6.07) is 1.00. The monoisotopic (exact) mass is 516 g/mol. The first-order valence-electron chi connectivity index (χ1n) is 13.4. The number of phenols is 3. The molecule has 1 aliphatic rings. The number of rotatable bonds is 12. The number of ketones is 3. The molecule has 0 heterocycles. The molecule has 0 saturated carbocycles. The molecule has 0 bridgehead atoms. The van der Waals surface area contributed by atoms with E-state index in [0.29, 0.717) is 6.42 Å². The molecule has 7 nitrogen and oxygen atoms in total. The van der Waals surface area contributed by atoms with Crippen molar-refractivity contribution in [3.05, 3.63) is 28.5 Å². The van der Waals surface area contributed by atoms with Crippen molar-refractivity contribution in [1.29, 1.82) is 0 Å². The molecular formula is C30H44O7. The largest absolute Gasteiger partial charge is 0.511 e. The van der Waals surface area contributed by atoms with E-state index in [1.807, 2.05) is 13.8 Å². The number of hydrogen-bond acceptors (Lipinski definition) is 7. The molecule has 7 heteroatoms. The Morgan fingerprint density at radius 2 is 1.43 bits per heavy atom. The molecule has 0 aliphatic heterocycles. The zero-order valence-corrected chi connectivity index (χ0v) is 23.4. The summed E-state index contributed by atoms with van der Waals surface area (Å²) < 4.78 is 0. The van der Waals surface area contributed by atoms with Crippen LogP contribution in [0.4, 0.5) is 0 Å². The molecule has 2 rings (SSSR count). The predicted molar refractivity (Wildman–Crippen MR) is 143 cm³/mol. The summed E-state index contributed by atoms with van der Waals surface area (Å²) in [6.07, 6.45) is 6.14. The van der Waals surface area contributed by atoms with Crippen LogP contribution in [0.2, 0.25) is 0 Å². The number of allylic oxidation sites excluding steroid dienone is 2. The Labute approximate surface area is 220 Å². The van der Waals surface area contributed by atoms with Crippen molar-refractivity contribution in [1.82, 2.24) is 0 Å². The number of hydrogen-bond donors (Lipinski definition) is 4. The topological polar surface area (TPSA) is 132 Å². The lowest BCUT2D eigenvalue weighted by atomic mass is 9.60. The number of phenolic OH excluding ortho intramolecular Hbond substituents is 3. The number of benzene rings is 1. The highest BCUT2D eigenvalue weighted by atomic mass is 16.3. The maximum atomic E-state index is 13.6. The van der Waals surface area contributed by atoms with Crippen molar-refractivity contribution in [2.24, 2.45) is 16.7 Å². The lowest BCUT2D eigenvalue weighted by Crippen LogP contribution is -2.49. The second-order valence-corrected chi connectivity index (χ2v) is 11.8. The first kappa shape index (κ1) is 30.4. The van der Waals surface area contributed by atoms with Gasteiger partial charge in [-0.15, -0.1) is 0 Å². The van der Waals surface area contributed by atoms with Gasteiger partial charge in [-0.2, -0.15) is 0 Å². The number of carbonyl (C=O) groups is 3. The molecule has 4 N–H and O–H groups in total. The molecule has 1 unspecified atom stereocenters. The highest BCUT2D eigenvalue weighted by Gasteiger charge is 2.55. The normalized spacial score (nSPS) is 17.9. The van der Waals surface area contributed by atoms with Crippen molar-refractivity contribution >= 4 is 17.3 Å². The van der Waals surface area contributed by atoms with Crippen molar-refractivity contribution in [2.75, 3.05) is 0 Å². The average molecular weight is 517 g/mol. The number of Topliss-reactive ketones (excluding diaryl/α,β-unsaturated/α-hetero) is 3. The molecule has 0 fully saturated rings. The van der Waals surface area contributed by atoms with E-state index in [4.69, 9.17) is 0 Å². The molecule has 1 aromatic carbocycles. The van der Waals surface area contributed by atoms with Crippen LogP contribution in [-0.4, -0.2) is 37.8 Å². The molecule has 1 aliphatic carbocycles. The zero-order valence-electron chi connectivity index (χ0n) is 23.4. The Bertz CT molecular complexity index is 1080. The SMILES string of the molecule is CCCCCCCCC(=O)c1c(O)cc(O)c(C(CC(C)C)C2=C(O)C(C)(C)C(=O)C(C)(C)C2=O)c1O. The summed E-state index contributed by atoms with van der Waals surface area (Å²) in [5.41, 5.74) is -3.25. The van der Waals surface area contributed by atoms with E-state index in [1.54, 1.807) is 0 Å². The first-order valence-corrected chi connectivity index (χ1v) is 13.4. The molecule has 0 saturated heterocycles. The van der Waals surface area contributed by atoms with Crippen molar-refractivity contribution in [3.8, 4) is 17.2 Å². The molecule has 37 heavy (non-hydrogen) atoms.